The van der Waals surface area contributed by atoms with Crippen molar-refractivity contribution in [3.63, 3.8) is 0 Å². The van der Waals surface area contributed by atoms with Crippen molar-refractivity contribution in [1.29, 1.82) is 0 Å². The second-order valence-corrected chi connectivity index (χ2v) is 5.67. The minimum atomic E-state index is 0.503. The van der Waals surface area contributed by atoms with Crippen LogP contribution in [0.1, 0.15) is 37.7 Å². The van der Waals surface area contributed by atoms with E-state index in [1.165, 1.54) is 12.2 Å². The summed E-state index contributed by atoms with van der Waals surface area (Å²) >= 11 is 3.52. The summed E-state index contributed by atoms with van der Waals surface area (Å²) in [7, 11) is 0. The van der Waals surface area contributed by atoms with Crippen molar-refractivity contribution in [2.24, 2.45) is 5.92 Å². The molecule has 3 unspecified atom stereocenters. The maximum absolute atomic E-state index is 5.76. The summed E-state index contributed by atoms with van der Waals surface area (Å²) in [6.45, 7) is 4.42. The summed E-state index contributed by atoms with van der Waals surface area (Å²) in [5.74, 6) is 3.84. The standard InChI is InChI=1S/C11H15BrO/c1-7-5-10(7)11-4-3-9(13-11)6-8(2)12/h3-4,7-8,10H,5-6H2,1-2H3. The minimum Gasteiger partial charge on any atom is -0.466 e. The van der Waals surface area contributed by atoms with E-state index in [0.717, 1.165) is 18.1 Å². The van der Waals surface area contributed by atoms with Crippen molar-refractivity contribution in [2.75, 3.05) is 0 Å². The van der Waals surface area contributed by atoms with Gasteiger partial charge in [-0.25, -0.2) is 0 Å². The van der Waals surface area contributed by atoms with Crippen LogP contribution in [0.3, 0.4) is 0 Å². The second kappa shape index (κ2) is 3.49. The highest BCUT2D eigenvalue weighted by atomic mass is 79.9. The van der Waals surface area contributed by atoms with E-state index in [0.29, 0.717) is 10.7 Å². The van der Waals surface area contributed by atoms with E-state index < -0.39 is 0 Å². The Morgan fingerprint density at radius 1 is 1.62 bits per heavy atom. The predicted octanol–water partition coefficient (Wildman–Crippen LogP) is 3.73. The molecule has 1 aromatic rings. The van der Waals surface area contributed by atoms with Crippen LogP contribution in [0.25, 0.3) is 0 Å². The normalized spacial score (nSPS) is 28.8. The van der Waals surface area contributed by atoms with Gasteiger partial charge in [-0.05, 0) is 24.5 Å². The Kier molecular flexibility index (Phi) is 2.50. The maximum atomic E-state index is 5.76. The Hall–Kier alpha value is -0.240. The van der Waals surface area contributed by atoms with Crippen molar-refractivity contribution >= 4 is 15.9 Å². The van der Waals surface area contributed by atoms with Crippen LogP contribution < -0.4 is 0 Å². The summed E-state index contributed by atoms with van der Waals surface area (Å²) in [6, 6.07) is 4.25. The third kappa shape index (κ3) is 2.16. The van der Waals surface area contributed by atoms with Crippen molar-refractivity contribution < 1.29 is 4.42 Å². The third-order valence-electron chi connectivity index (χ3n) is 2.64. The first-order valence-corrected chi connectivity index (χ1v) is 5.81. The van der Waals surface area contributed by atoms with E-state index in [2.05, 4.69) is 41.9 Å². The van der Waals surface area contributed by atoms with E-state index in [4.69, 9.17) is 4.42 Å². The van der Waals surface area contributed by atoms with Gasteiger partial charge in [0.05, 0.1) is 0 Å². The molecule has 1 fully saturated rings. The first kappa shape index (κ1) is 9.32. The summed E-state index contributed by atoms with van der Waals surface area (Å²) in [6.07, 6.45) is 2.29. The molecule has 0 N–H and O–H groups in total. The van der Waals surface area contributed by atoms with Gasteiger partial charge < -0.3 is 4.42 Å². The van der Waals surface area contributed by atoms with Crippen LogP contribution >= 0.6 is 15.9 Å². The van der Waals surface area contributed by atoms with Gasteiger partial charge in [-0.3, -0.25) is 0 Å². The molecular weight excluding hydrogens is 228 g/mol. The lowest BCUT2D eigenvalue weighted by Gasteiger charge is -1.98. The Morgan fingerprint density at radius 3 is 2.85 bits per heavy atom. The molecule has 1 heterocycles. The largest absolute Gasteiger partial charge is 0.466 e. The Balaban J connectivity index is 2.01. The van der Waals surface area contributed by atoms with Crippen molar-refractivity contribution in [3.8, 4) is 0 Å². The zero-order chi connectivity index (χ0) is 9.42. The van der Waals surface area contributed by atoms with E-state index >= 15 is 0 Å². The number of furan rings is 1. The van der Waals surface area contributed by atoms with E-state index in [1.807, 2.05) is 0 Å². The molecule has 1 aromatic heterocycles. The lowest BCUT2D eigenvalue weighted by Crippen LogP contribution is -1.93. The van der Waals surface area contributed by atoms with Crippen LogP contribution in [0.4, 0.5) is 0 Å². The van der Waals surface area contributed by atoms with Gasteiger partial charge in [0.15, 0.2) is 0 Å². The molecule has 0 amide bonds. The number of hydrogen-bond donors (Lipinski definition) is 0. The SMILES string of the molecule is CC(Br)Cc1ccc(C2CC2C)o1. The summed E-state index contributed by atoms with van der Waals surface area (Å²) in [5, 5.41) is 0. The van der Waals surface area contributed by atoms with Gasteiger partial charge in [0.25, 0.3) is 0 Å². The van der Waals surface area contributed by atoms with Crippen molar-refractivity contribution in [1.82, 2.24) is 0 Å². The first-order valence-electron chi connectivity index (χ1n) is 4.89. The zero-order valence-electron chi connectivity index (χ0n) is 8.09. The molecular formula is C11H15BrO. The van der Waals surface area contributed by atoms with Crippen LogP contribution in [0.15, 0.2) is 16.5 Å². The van der Waals surface area contributed by atoms with Gasteiger partial charge in [0.1, 0.15) is 11.5 Å². The van der Waals surface area contributed by atoms with Crippen LogP contribution in [0.5, 0.6) is 0 Å². The van der Waals surface area contributed by atoms with Gasteiger partial charge in [0, 0.05) is 17.2 Å². The fourth-order valence-corrected chi connectivity index (χ4v) is 2.02. The van der Waals surface area contributed by atoms with E-state index in [-0.39, 0.29) is 0 Å². The predicted molar refractivity (Wildman–Crippen MR) is 57.3 cm³/mol. The highest BCUT2D eigenvalue weighted by molar-refractivity contribution is 9.09. The lowest BCUT2D eigenvalue weighted by molar-refractivity contribution is 0.461. The summed E-state index contributed by atoms with van der Waals surface area (Å²) in [5.41, 5.74) is 0. The monoisotopic (exact) mass is 242 g/mol. The summed E-state index contributed by atoms with van der Waals surface area (Å²) < 4.78 is 5.76. The maximum Gasteiger partial charge on any atom is 0.107 e. The molecule has 72 valence electrons. The molecule has 0 aromatic carbocycles. The molecule has 1 saturated carbocycles. The van der Waals surface area contributed by atoms with Crippen LogP contribution in [-0.2, 0) is 6.42 Å². The van der Waals surface area contributed by atoms with Gasteiger partial charge in [0.2, 0.25) is 0 Å². The van der Waals surface area contributed by atoms with Crippen LogP contribution in [0, 0.1) is 5.92 Å². The van der Waals surface area contributed by atoms with Gasteiger partial charge >= 0.3 is 0 Å². The smallest absolute Gasteiger partial charge is 0.107 e. The molecule has 0 bridgehead atoms. The number of hydrogen-bond acceptors (Lipinski definition) is 1. The summed E-state index contributed by atoms with van der Waals surface area (Å²) in [4.78, 5) is 0.503. The molecule has 1 nitrogen and oxygen atoms in total. The van der Waals surface area contributed by atoms with Gasteiger partial charge in [-0.15, -0.1) is 0 Å². The quantitative estimate of drug-likeness (QED) is 0.737. The van der Waals surface area contributed by atoms with Crippen molar-refractivity contribution in [2.45, 2.75) is 37.4 Å². The molecule has 0 aliphatic heterocycles. The lowest BCUT2D eigenvalue weighted by atomic mass is 10.2. The Labute approximate surface area is 87.6 Å². The van der Waals surface area contributed by atoms with Crippen LogP contribution in [-0.4, -0.2) is 4.83 Å². The molecule has 13 heavy (non-hydrogen) atoms. The average molecular weight is 243 g/mol. The zero-order valence-corrected chi connectivity index (χ0v) is 9.67. The van der Waals surface area contributed by atoms with E-state index in [9.17, 15) is 0 Å². The molecule has 2 rings (SSSR count). The molecule has 2 heteroatoms. The van der Waals surface area contributed by atoms with Gasteiger partial charge in [-0.1, -0.05) is 29.8 Å². The van der Waals surface area contributed by atoms with Crippen molar-refractivity contribution in [3.05, 3.63) is 23.7 Å². The Bertz CT molecular complexity index is 290. The minimum absolute atomic E-state index is 0.503. The highest BCUT2D eigenvalue weighted by Crippen LogP contribution is 2.47. The van der Waals surface area contributed by atoms with Gasteiger partial charge in [-0.2, -0.15) is 0 Å². The number of alkyl halides is 1. The van der Waals surface area contributed by atoms with E-state index in [1.54, 1.807) is 0 Å². The Morgan fingerprint density at radius 2 is 2.31 bits per heavy atom. The molecule has 0 spiro atoms. The number of rotatable bonds is 3. The fourth-order valence-electron chi connectivity index (χ4n) is 1.70. The average Bonchev–Trinajstić information content (AvgIpc) is 2.60. The fraction of sp³-hybridized carbons (Fsp3) is 0.636. The molecule has 3 atom stereocenters. The molecule has 0 radical (unpaired) electrons. The molecule has 0 saturated heterocycles. The number of halogens is 1. The highest BCUT2D eigenvalue weighted by Gasteiger charge is 2.36. The second-order valence-electron chi connectivity index (χ2n) is 4.11. The first-order chi connectivity index (χ1) is 6.16. The molecule has 1 aliphatic carbocycles. The third-order valence-corrected chi connectivity index (χ3v) is 2.96. The molecule has 1 aliphatic rings. The van der Waals surface area contributed by atoms with Crippen LogP contribution in [0.2, 0.25) is 0 Å². The topological polar surface area (TPSA) is 13.1 Å².